The lowest BCUT2D eigenvalue weighted by atomic mass is 10.0. The van der Waals surface area contributed by atoms with E-state index in [1.807, 2.05) is 19.9 Å². The highest BCUT2D eigenvalue weighted by molar-refractivity contribution is 5.51. The van der Waals surface area contributed by atoms with Crippen LogP contribution >= 0.6 is 0 Å². The topological polar surface area (TPSA) is 55.5 Å². The van der Waals surface area contributed by atoms with E-state index in [4.69, 9.17) is 10.5 Å². The van der Waals surface area contributed by atoms with Crippen LogP contribution in [0.4, 0.5) is 0 Å². The largest absolute Gasteiger partial charge is 0.507 e. The van der Waals surface area contributed by atoms with Crippen LogP contribution in [0.5, 0.6) is 11.5 Å². The number of ether oxygens (including phenoxy) is 1. The first-order valence-electron chi connectivity index (χ1n) is 4.68. The maximum absolute atomic E-state index is 9.82. The molecule has 0 bridgehead atoms. The van der Waals surface area contributed by atoms with Crippen LogP contribution in [0.15, 0.2) is 6.07 Å². The van der Waals surface area contributed by atoms with Crippen molar-refractivity contribution in [2.75, 3.05) is 13.7 Å². The monoisotopic (exact) mass is 195 g/mol. The van der Waals surface area contributed by atoms with E-state index in [2.05, 4.69) is 0 Å². The fraction of sp³-hybridized carbons (Fsp3) is 0.455. The molecule has 1 rings (SSSR count). The molecule has 0 aromatic heterocycles. The van der Waals surface area contributed by atoms with Gasteiger partial charge in [0.25, 0.3) is 0 Å². The molecule has 0 atom stereocenters. The van der Waals surface area contributed by atoms with Crippen molar-refractivity contribution in [2.24, 2.45) is 5.73 Å². The van der Waals surface area contributed by atoms with Crippen LogP contribution in [0.1, 0.15) is 16.7 Å². The molecule has 3 nitrogen and oxygen atoms in total. The predicted molar refractivity (Wildman–Crippen MR) is 56.9 cm³/mol. The van der Waals surface area contributed by atoms with Gasteiger partial charge >= 0.3 is 0 Å². The average molecular weight is 195 g/mol. The smallest absolute Gasteiger partial charge is 0.122 e. The first-order chi connectivity index (χ1) is 6.61. The summed E-state index contributed by atoms with van der Waals surface area (Å²) >= 11 is 0. The van der Waals surface area contributed by atoms with Gasteiger partial charge in [0.15, 0.2) is 0 Å². The highest BCUT2D eigenvalue weighted by Crippen LogP contribution is 2.32. The zero-order valence-electron chi connectivity index (χ0n) is 8.92. The van der Waals surface area contributed by atoms with Gasteiger partial charge in [-0.15, -0.1) is 0 Å². The predicted octanol–water partition coefficient (Wildman–Crippen LogP) is 1.52. The quantitative estimate of drug-likeness (QED) is 0.768. The van der Waals surface area contributed by atoms with Crippen molar-refractivity contribution in [1.29, 1.82) is 0 Å². The van der Waals surface area contributed by atoms with Gasteiger partial charge in [-0.2, -0.15) is 0 Å². The van der Waals surface area contributed by atoms with Crippen molar-refractivity contribution in [3.8, 4) is 11.5 Å². The number of phenols is 1. The lowest BCUT2D eigenvalue weighted by Crippen LogP contribution is -2.04. The number of benzene rings is 1. The highest BCUT2D eigenvalue weighted by atomic mass is 16.5. The summed E-state index contributed by atoms with van der Waals surface area (Å²) in [6, 6.07) is 1.85. The molecule has 0 aliphatic rings. The Balaban J connectivity index is 3.25. The zero-order valence-corrected chi connectivity index (χ0v) is 8.92. The minimum Gasteiger partial charge on any atom is -0.507 e. The van der Waals surface area contributed by atoms with E-state index in [0.717, 1.165) is 22.4 Å². The molecule has 3 heteroatoms. The Hall–Kier alpha value is -1.22. The summed E-state index contributed by atoms with van der Waals surface area (Å²) in [5, 5.41) is 9.82. The Morgan fingerprint density at radius 3 is 2.50 bits per heavy atom. The molecular weight excluding hydrogens is 178 g/mol. The summed E-state index contributed by atoms with van der Waals surface area (Å²) in [7, 11) is 1.63. The third-order valence-corrected chi connectivity index (χ3v) is 2.53. The molecule has 0 saturated heterocycles. The molecule has 0 fully saturated rings. The molecule has 0 aliphatic carbocycles. The molecule has 0 aliphatic heterocycles. The molecular formula is C11H17NO2. The van der Waals surface area contributed by atoms with E-state index < -0.39 is 0 Å². The number of phenolic OH excluding ortho intramolecular Hbond substituents is 1. The second kappa shape index (κ2) is 4.33. The van der Waals surface area contributed by atoms with Crippen LogP contribution in [0, 0.1) is 13.8 Å². The molecule has 0 amide bonds. The number of methoxy groups -OCH3 is 1. The lowest BCUT2D eigenvalue weighted by Gasteiger charge is -2.13. The van der Waals surface area contributed by atoms with Crippen molar-refractivity contribution < 1.29 is 9.84 Å². The Labute approximate surface area is 84.5 Å². The average Bonchev–Trinajstić information content (AvgIpc) is 2.19. The van der Waals surface area contributed by atoms with Crippen LogP contribution in [0.3, 0.4) is 0 Å². The van der Waals surface area contributed by atoms with Gasteiger partial charge in [-0.25, -0.2) is 0 Å². The van der Waals surface area contributed by atoms with E-state index in [9.17, 15) is 5.11 Å². The standard InChI is InChI=1S/C11H17NO2/c1-7-8(2)11(13)9(4-5-12)6-10(7)14-3/h6,13H,4-5,12H2,1-3H3. The van der Waals surface area contributed by atoms with Gasteiger partial charge in [-0.1, -0.05) is 0 Å². The van der Waals surface area contributed by atoms with Crippen molar-refractivity contribution in [3.63, 3.8) is 0 Å². The normalized spacial score (nSPS) is 10.3. The van der Waals surface area contributed by atoms with Gasteiger partial charge in [-0.3, -0.25) is 0 Å². The minimum atomic E-state index is 0.341. The molecule has 0 unspecified atom stereocenters. The molecule has 0 heterocycles. The SMILES string of the molecule is COc1cc(CCN)c(O)c(C)c1C. The number of hydrogen-bond donors (Lipinski definition) is 2. The van der Waals surface area contributed by atoms with Crippen LogP contribution in [0.25, 0.3) is 0 Å². The van der Waals surface area contributed by atoms with Gasteiger partial charge in [0.05, 0.1) is 7.11 Å². The Morgan fingerprint density at radius 1 is 1.36 bits per heavy atom. The van der Waals surface area contributed by atoms with E-state index in [1.165, 1.54) is 0 Å². The van der Waals surface area contributed by atoms with E-state index >= 15 is 0 Å². The van der Waals surface area contributed by atoms with Gasteiger partial charge in [0.2, 0.25) is 0 Å². The zero-order chi connectivity index (χ0) is 10.7. The number of rotatable bonds is 3. The summed E-state index contributed by atoms with van der Waals surface area (Å²) in [4.78, 5) is 0. The van der Waals surface area contributed by atoms with E-state index in [0.29, 0.717) is 18.7 Å². The van der Waals surface area contributed by atoms with E-state index in [-0.39, 0.29) is 0 Å². The van der Waals surface area contributed by atoms with Crippen molar-refractivity contribution in [2.45, 2.75) is 20.3 Å². The summed E-state index contributed by atoms with van der Waals surface area (Å²) in [6.45, 7) is 4.34. The first kappa shape index (κ1) is 10.9. The molecule has 3 N–H and O–H groups in total. The summed E-state index contributed by atoms with van der Waals surface area (Å²) in [5.41, 5.74) is 8.16. The summed E-state index contributed by atoms with van der Waals surface area (Å²) < 4.78 is 5.22. The molecule has 0 spiro atoms. The van der Waals surface area contributed by atoms with Gasteiger partial charge in [0, 0.05) is 0 Å². The van der Waals surface area contributed by atoms with Crippen LogP contribution in [-0.2, 0) is 6.42 Å². The number of hydrogen-bond acceptors (Lipinski definition) is 3. The van der Waals surface area contributed by atoms with Crippen LogP contribution in [0.2, 0.25) is 0 Å². The second-order valence-electron chi connectivity index (χ2n) is 3.38. The fourth-order valence-corrected chi connectivity index (χ4v) is 1.50. The lowest BCUT2D eigenvalue weighted by molar-refractivity contribution is 0.406. The third-order valence-electron chi connectivity index (χ3n) is 2.53. The molecule has 0 radical (unpaired) electrons. The van der Waals surface area contributed by atoms with E-state index in [1.54, 1.807) is 7.11 Å². The Kier molecular flexibility index (Phi) is 3.36. The van der Waals surface area contributed by atoms with Gasteiger partial charge in [0.1, 0.15) is 11.5 Å². The third kappa shape index (κ3) is 1.82. The summed E-state index contributed by atoms with van der Waals surface area (Å²) in [6.07, 6.45) is 0.670. The Morgan fingerprint density at radius 2 is 2.00 bits per heavy atom. The molecule has 0 saturated carbocycles. The maximum atomic E-state index is 9.82. The fourth-order valence-electron chi connectivity index (χ4n) is 1.50. The van der Waals surface area contributed by atoms with Crippen molar-refractivity contribution in [1.82, 2.24) is 0 Å². The molecule has 14 heavy (non-hydrogen) atoms. The molecule has 1 aromatic rings. The molecule has 1 aromatic carbocycles. The molecule has 78 valence electrons. The number of nitrogens with two attached hydrogens (primary N) is 1. The first-order valence-corrected chi connectivity index (χ1v) is 4.68. The summed E-state index contributed by atoms with van der Waals surface area (Å²) in [5.74, 6) is 1.15. The second-order valence-corrected chi connectivity index (χ2v) is 3.38. The maximum Gasteiger partial charge on any atom is 0.122 e. The Bertz CT molecular complexity index is 335. The van der Waals surface area contributed by atoms with Crippen molar-refractivity contribution in [3.05, 3.63) is 22.8 Å². The van der Waals surface area contributed by atoms with Gasteiger partial charge in [-0.05, 0) is 49.6 Å². The van der Waals surface area contributed by atoms with Crippen molar-refractivity contribution >= 4 is 0 Å². The number of aromatic hydroxyl groups is 1. The van der Waals surface area contributed by atoms with Gasteiger partial charge < -0.3 is 15.6 Å². The minimum absolute atomic E-state index is 0.341. The highest BCUT2D eigenvalue weighted by Gasteiger charge is 2.11. The van der Waals surface area contributed by atoms with Crippen LogP contribution in [-0.4, -0.2) is 18.8 Å². The van der Waals surface area contributed by atoms with Crippen LogP contribution < -0.4 is 10.5 Å².